The summed E-state index contributed by atoms with van der Waals surface area (Å²) in [5, 5.41) is 2.37. The van der Waals surface area contributed by atoms with Gasteiger partial charge in [0.2, 0.25) is 5.91 Å². The van der Waals surface area contributed by atoms with Crippen LogP contribution in [0.25, 0.3) is 0 Å². The number of thioether (sulfide) groups is 1. The SMILES string of the molecule is COC(=O)[C@@H](C)[C@@H]1Sc2ccccc2NC1=O. The van der Waals surface area contributed by atoms with Gasteiger partial charge in [0.1, 0.15) is 5.25 Å². The van der Waals surface area contributed by atoms with Gasteiger partial charge in [-0.25, -0.2) is 0 Å². The first kappa shape index (κ1) is 12.0. The van der Waals surface area contributed by atoms with Crippen molar-refractivity contribution in [3.63, 3.8) is 0 Å². The van der Waals surface area contributed by atoms with Crippen molar-refractivity contribution < 1.29 is 14.3 Å². The zero-order chi connectivity index (χ0) is 12.4. The highest BCUT2D eigenvalue weighted by Gasteiger charge is 2.35. The molecule has 4 nitrogen and oxygen atoms in total. The third-order valence-electron chi connectivity index (χ3n) is 2.68. The summed E-state index contributed by atoms with van der Waals surface area (Å²) in [7, 11) is 1.33. The van der Waals surface area contributed by atoms with Crippen LogP contribution in [0.3, 0.4) is 0 Å². The number of hydrogen-bond acceptors (Lipinski definition) is 4. The number of nitrogens with one attached hydrogen (secondary N) is 1. The molecule has 1 aliphatic rings. The number of rotatable bonds is 2. The molecule has 0 unspecified atom stereocenters. The van der Waals surface area contributed by atoms with Gasteiger partial charge < -0.3 is 10.1 Å². The summed E-state index contributed by atoms with van der Waals surface area (Å²) in [6, 6.07) is 7.54. The minimum atomic E-state index is -0.460. The van der Waals surface area contributed by atoms with Crippen LogP contribution in [0, 0.1) is 5.92 Å². The first-order valence-electron chi connectivity index (χ1n) is 5.28. The van der Waals surface area contributed by atoms with Crippen LogP contribution in [0.15, 0.2) is 29.2 Å². The minimum absolute atomic E-state index is 0.147. The normalized spacial score (nSPS) is 20.1. The number of fused-ring (bicyclic) bond motifs is 1. The van der Waals surface area contributed by atoms with Crippen molar-refractivity contribution in [2.24, 2.45) is 5.92 Å². The molecule has 0 saturated carbocycles. The molecule has 0 radical (unpaired) electrons. The summed E-state index contributed by atoms with van der Waals surface area (Å²) in [5.74, 6) is -0.970. The van der Waals surface area contributed by atoms with Crippen LogP contribution in [-0.2, 0) is 14.3 Å². The van der Waals surface area contributed by atoms with Crippen LogP contribution in [0.1, 0.15) is 6.92 Å². The van der Waals surface area contributed by atoms with E-state index in [2.05, 4.69) is 10.1 Å². The largest absolute Gasteiger partial charge is 0.469 e. The monoisotopic (exact) mass is 251 g/mol. The Kier molecular flexibility index (Phi) is 3.38. The molecule has 1 aromatic rings. The number of anilines is 1. The summed E-state index contributed by atoms with van der Waals surface area (Å²) in [4.78, 5) is 24.3. The van der Waals surface area contributed by atoms with Crippen LogP contribution in [0.5, 0.6) is 0 Å². The van der Waals surface area contributed by atoms with Crippen LogP contribution >= 0.6 is 11.8 Å². The Bertz CT molecular complexity index is 461. The standard InChI is InChI=1S/C12H13NO3S/c1-7(12(15)16-2)10-11(14)13-8-5-3-4-6-9(8)17-10/h3-7,10H,1-2H3,(H,13,14)/t7-,10-/m0/s1. The van der Waals surface area contributed by atoms with Gasteiger partial charge in [-0.05, 0) is 12.1 Å². The summed E-state index contributed by atoms with van der Waals surface area (Å²) >= 11 is 1.40. The maximum Gasteiger partial charge on any atom is 0.310 e. The molecule has 2 atom stereocenters. The molecule has 0 aromatic heterocycles. The Morgan fingerprint density at radius 3 is 2.88 bits per heavy atom. The molecular formula is C12H13NO3S. The van der Waals surface area contributed by atoms with Crippen molar-refractivity contribution in [3.05, 3.63) is 24.3 Å². The minimum Gasteiger partial charge on any atom is -0.469 e. The number of ether oxygens (including phenoxy) is 1. The quantitative estimate of drug-likeness (QED) is 0.816. The van der Waals surface area contributed by atoms with E-state index in [1.54, 1.807) is 6.92 Å². The maximum atomic E-state index is 11.9. The molecule has 1 heterocycles. The van der Waals surface area contributed by atoms with E-state index in [1.165, 1.54) is 18.9 Å². The number of para-hydroxylation sites is 1. The third-order valence-corrected chi connectivity index (χ3v) is 4.17. The average Bonchev–Trinajstić information content (AvgIpc) is 2.36. The molecule has 17 heavy (non-hydrogen) atoms. The molecule has 0 aliphatic carbocycles. The number of benzene rings is 1. The molecule has 1 aromatic carbocycles. The lowest BCUT2D eigenvalue weighted by molar-refractivity contribution is -0.145. The van der Waals surface area contributed by atoms with Gasteiger partial charge in [0, 0.05) is 4.90 Å². The Labute approximate surface area is 104 Å². The highest BCUT2D eigenvalue weighted by Crippen LogP contribution is 2.38. The van der Waals surface area contributed by atoms with E-state index in [-0.39, 0.29) is 11.9 Å². The molecule has 2 rings (SSSR count). The Morgan fingerprint density at radius 1 is 1.47 bits per heavy atom. The van der Waals surface area contributed by atoms with Crippen molar-refractivity contribution in [1.29, 1.82) is 0 Å². The van der Waals surface area contributed by atoms with Gasteiger partial charge in [0.05, 0.1) is 18.7 Å². The molecule has 1 amide bonds. The lowest BCUT2D eigenvalue weighted by Crippen LogP contribution is -2.37. The second-order valence-electron chi connectivity index (χ2n) is 3.84. The second-order valence-corrected chi connectivity index (χ2v) is 5.02. The average molecular weight is 251 g/mol. The van der Waals surface area contributed by atoms with Gasteiger partial charge in [-0.1, -0.05) is 19.1 Å². The van der Waals surface area contributed by atoms with E-state index in [9.17, 15) is 9.59 Å². The Hall–Kier alpha value is -1.49. The molecule has 5 heteroatoms. The van der Waals surface area contributed by atoms with Crippen molar-refractivity contribution in [1.82, 2.24) is 0 Å². The van der Waals surface area contributed by atoms with E-state index in [0.717, 1.165) is 10.6 Å². The highest BCUT2D eigenvalue weighted by molar-refractivity contribution is 8.01. The van der Waals surface area contributed by atoms with Gasteiger partial charge in [-0.2, -0.15) is 0 Å². The molecule has 0 fully saturated rings. The smallest absolute Gasteiger partial charge is 0.310 e. The van der Waals surface area contributed by atoms with Gasteiger partial charge in [-0.15, -0.1) is 11.8 Å². The van der Waals surface area contributed by atoms with Gasteiger partial charge in [-0.3, -0.25) is 9.59 Å². The van der Waals surface area contributed by atoms with Crippen LogP contribution in [-0.4, -0.2) is 24.2 Å². The highest BCUT2D eigenvalue weighted by atomic mass is 32.2. The number of methoxy groups -OCH3 is 1. The van der Waals surface area contributed by atoms with Gasteiger partial charge >= 0.3 is 5.97 Å². The number of amides is 1. The Balaban J connectivity index is 2.23. The topological polar surface area (TPSA) is 55.4 Å². The molecule has 1 aliphatic heterocycles. The molecule has 0 spiro atoms. The van der Waals surface area contributed by atoms with E-state index in [4.69, 9.17) is 0 Å². The van der Waals surface area contributed by atoms with Crippen molar-refractivity contribution in [2.75, 3.05) is 12.4 Å². The predicted molar refractivity (Wildman–Crippen MR) is 65.9 cm³/mol. The van der Waals surface area contributed by atoms with E-state index >= 15 is 0 Å². The van der Waals surface area contributed by atoms with Crippen molar-refractivity contribution in [3.8, 4) is 0 Å². The van der Waals surface area contributed by atoms with Crippen molar-refractivity contribution >= 4 is 29.3 Å². The molecule has 1 N–H and O–H groups in total. The van der Waals surface area contributed by atoms with Gasteiger partial charge in [0.15, 0.2) is 0 Å². The molecular weight excluding hydrogens is 238 g/mol. The maximum absolute atomic E-state index is 11.9. The van der Waals surface area contributed by atoms with E-state index < -0.39 is 11.2 Å². The van der Waals surface area contributed by atoms with Crippen LogP contribution in [0.4, 0.5) is 5.69 Å². The predicted octanol–water partition coefficient (Wildman–Crippen LogP) is 1.91. The fourth-order valence-electron chi connectivity index (χ4n) is 1.71. The summed E-state index contributed by atoms with van der Waals surface area (Å²) in [6.07, 6.45) is 0. The molecule has 0 bridgehead atoms. The summed E-state index contributed by atoms with van der Waals surface area (Å²) in [6.45, 7) is 1.71. The first-order valence-corrected chi connectivity index (χ1v) is 6.16. The number of esters is 1. The number of hydrogen-bond donors (Lipinski definition) is 1. The first-order chi connectivity index (χ1) is 8.13. The lowest BCUT2D eigenvalue weighted by Gasteiger charge is -2.26. The fraction of sp³-hybridized carbons (Fsp3) is 0.333. The van der Waals surface area contributed by atoms with Crippen LogP contribution in [0.2, 0.25) is 0 Å². The summed E-state index contributed by atoms with van der Waals surface area (Å²) in [5.41, 5.74) is 0.802. The van der Waals surface area contributed by atoms with Gasteiger partial charge in [0.25, 0.3) is 0 Å². The fourth-order valence-corrected chi connectivity index (χ4v) is 2.86. The third kappa shape index (κ3) is 2.29. The van der Waals surface area contributed by atoms with E-state index in [0.29, 0.717) is 0 Å². The zero-order valence-corrected chi connectivity index (χ0v) is 10.4. The zero-order valence-electron chi connectivity index (χ0n) is 9.60. The number of carbonyl (C=O) groups excluding carboxylic acids is 2. The number of carbonyl (C=O) groups is 2. The van der Waals surface area contributed by atoms with Crippen LogP contribution < -0.4 is 5.32 Å². The van der Waals surface area contributed by atoms with E-state index in [1.807, 2.05) is 24.3 Å². The van der Waals surface area contributed by atoms with Crippen molar-refractivity contribution in [2.45, 2.75) is 17.1 Å². The molecule has 0 saturated heterocycles. The second kappa shape index (κ2) is 4.79. The molecule has 90 valence electrons. The summed E-state index contributed by atoms with van der Waals surface area (Å²) < 4.78 is 4.67. The Morgan fingerprint density at radius 2 is 2.18 bits per heavy atom. The lowest BCUT2D eigenvalue weighted by atomic mass is 10.1.